The largest absolute Gasteiger partial charge is 0.573 e. The van der Waals surface area contributed by atoms with Gasteiger partial charge in [0.2, 0.25) is 0 Å². The van der Waals surface area contributed by atoms with Crippen LogP contribution in [0, 0.1) is 21.4 Å². The van der Waals surface area contributed by atoms with Crippen molar-refractivity contribution in [1.82, 2.24) is 0 Å². The van der Waals surface area contributed by atoms with Gasteiger partial charge in [0, 0.05) is 0 Å². The molecule has 0 aliphatic heterocycles. The van der Waals surface area contributed by atoms with Crippen molar-refractivity contribution in [3.05, 3.63) is 33.4 Å². The number of esters is 1. The maximum Gasteiger partial charge on any atom is 0.573 e. The lowest BCUT2D eigenvalue weighted by molar-refractivity contribution is -0.385. The Morgan fingerprint density at radius 2 is 2.05 bits per heavy atom. The normalized spacial score (nSPS) is 10.6. The fourth-order valence-electron chi connectivity index (χ4n) is 1.29. The Labute approximate surface area is 109 Å². The Kier molecular flexibility index (Phi) is 4.14. The van der Waals surface area contributed by atoms with Crippen molar-refractivity contribution < 1.29 is 32.4 Å². The number of halogens is 3. The first-order chi connectivity index (χ1) is 9.19. The summed E-state index contributed by atoms with van der Waals surface area (Å²) in [7, 11) is 0.896. The lowest BCUT2D eigenvalue weighted by Crippen LogP contribution is -2.19. The Hall–Kier alpha value is -2.83. The molecule has 0 saturated carbocycles. The lowest BCUT2D eigenvalue weighted by Gasteiger charge is -2.12. The molecule has 0 atom stereocenters. The predicted octanol–water partition coefficient (Wildman–Crippen LogP) is 2.15. The van der Waals surface area contributed by atoms with Crippen molar-refractivity contribution in [3.8, 4) is 11.8 Å². The van der Waals surface area contributed by atoms with Gasteiger partial charge in [0.25, 0.3) is 5.69 Å². The van der Waals surface area contributed by atoms with Crippen molar-refractivity contribution in [2.75, 3.05) is 7.11 Å². The topological polar surface area (TPSA) is 102 Å². The number of nitro groups is 1. The summed E-state index contributed by atoms with van der Waals surface area (Å²) in [6, 6.07) is 2.35. The third-order valence-electron chi connectivity index (χ3n) is 2.05. The summed E-state index contributed by atoms with van der Waals surface area (Å²) >= 11 is 0. The molecule has 0 aliphatic carbocycles. The van der Waals surface area contributed by atoms with Crippen LogP contribution < -0.4 is 4.74 Å². The quantitative estimate of drug-likeness (QED) is 0.480. The lowest BCUT2D eigenvalue weighted by atomic mass is 10.1. The van der Waals surface area contributed by atoms with Crippen molar-refractivity contribution >= 4 is 11.7 Å². The Morgan fingerprint density at radius 1 is 1.45 bits per heavy atom. The zero-order valence-corrected chi connectivity index (χ0v) is 9.72. The number of nitriles is 1. The van der Waals surface area contributed by atoms with E-state index < -0.39 is 39.8 Å². The van der Waals surface area contributed by atoms with Crippen LogP contribution in [0.1, 0.15) is 15.9 Å². The maximum atomic E-state index is 12.2. The third-order valence-corrected chi connectivity index (χ3v) is 2.05. The van der Waals surface area contributed by atoms with E-state index in [0.717, 1.165) is 7.11 Å². The first-order valence-corrected chi connectivity index (χ1v) is 4.76. The molecule has 0 aromatic heterocycles. The van der Waals surface area contributed by atoms with Gasteiger partial charge in [-0.2, -0.15) is 5.26 Å². The van der Waals surface area contributed by atoms with E-state index in [1.165, 1.54) is 6.07 Å². The summed E-state index contributed by atoms with van der Waals surface area (Å²) in [4.78, 5) is 20.9. The molecule has 0 aliphatic rings. The molecule has 1 rings (SSSR count). The average Bonchev–Trinajstić information content (AvgIpc) is 2.35. The van der Waals surface area contributed by atoms with Gasteiger partial charge in [-0.05, 0) is 6.07 Å². The highest BCUT2D eigenvalue weighted by Gasteiger charge is 2.35. The van der Waals surface area contributed by atoms with E-state index in [0.29, 0.717) is 12.1 Å². The number of hydrogen-bond donors (Lipinski definition) is 0. The molecule has 0 fully saturated rings. The Morgan fingerprint density at radius 3 is 2.45 bits per heavy atom. The van der Waals surface area contributed by atoms with Gasteiger partial charge in [-0.3, -0.25) is 10.1 Å². The average molecular weight is 290 g/mol. The number of carbonyl (C=O) groups is 1. The molecule has 1 aromatic rings. The van der Waals surface area contributed by atoms with Crippen LogP contribution in [0.4, 0.5) is 18.9 Å². The third kappa shape index (κ3) is 3.35. The zero-order chi connectivity index (χ0) is 15.5. The molecule has 20 heavy (non-hydrogen) atoms. The van der Waals surface area contributed by atoms with Gasteiger partial charge in [0.15, 0.2) is 5.75 Å². The molecule has 0 saturated heterocycles. The van der Waals surface area contributed by atoms with Crippen molar-refractivity contribution in [2.24, 2.45) is 0 Å². The summed E-state index contributed by atoms with van der Waals surface area (Å²) in [6.07, 6.45) is -5.16. The first-order valence-electron chi connectivity index (χ1n) is 4.76. The number of hydrogen-bond acceptors (Lipinski definition) is 6. The van der Waals surface area contributed by atoms with E-state index in [2.05, 4.69) is 9.47 Å². The number of carbonyl (C=O) groups excluding carboxylic acids is 1. The zero-order valence-electron chi connectivity index (χ0n) is 9.72. The van der Waals surface area contributed by atoms with Crippen LogP contribution in [0.3, 0.4) is 0 Å². The number of rotatable bonds is 3. The number of alkyl halides is 3. The van der Waals surface area contributed by atoms with E-state index >= 15 is 0 Å². The highest BCUT2D eigenvalue weighted by molar-refractivity contribution is 5.93. The van der Waals surface area contributed by atoms with Crippen LogP contribution in [-0.4, -0.2) is 24.4 Å². The summed E-state index contributed by atoms with van der Waals surface area (Å²) in [6.45, 7) is 0. The first kappa shape index (κ1) is 15.2. The minimum atomic E-state index is -5.16. The standard InChI is InChI=1S/C10H5F3N2O5/c1-19-9(16)6-2-5(4-14)7(15(17)18)3-8(6)20-10(11,12)13/h2-3H,1H3. The van der Waals surface area contributed by atoms with Crippen LogP contribution >= 0.6 is 0 Å². The molecule has 0 amide bonds. The van der Waals surface area contributed by atoms with Crippen LogP contribution in [0.15, 0.2) is 12.1 Å². The summed E-state index contributed by atoms with van der Waals surface area (Å²) in [5.74, 6) is -2.34. The fraction of sp³-hybridized carbons (Fsp3) is 0.200. The molecular formula is C10H5F3N2O5. The molecule has 7 nitrogen and oxygen atoms in total. The summed E-state index contributed by atoms with van der Waals surface area (Å²) < 4.78 is 44.3. The summed E-state index contributed by atoms with van der Waals surface area (Å²) in [5, 5.41) is 19.4. The van der Waals surface area contributed by atoms with E-state index in [4.69, 9.17) is 5.26 Å². The Bertz CT molecular complexity index is 606. The van der Waals surface area contributed by atoms with Crippen LogP contribution in [0.25, 0.3) is 0 Å². The van der Waals surface area contributed by atoms with Crippen LogP contribution in [-0.2, 0) is 4.74 Å². The van der Waals surface area contributed by atoms with Gasteiger partial charge in [0.1, 0.15) is 17.2 Å². The molecule has 0 spiro atoms. The number of methoxy groups -OCH3 is 1. The van der Waals surface area contributed by atoms with Gasteiger partial charge in [0.05, 0.1) is 18.1 Å². The highest BCUT2D eigenvalue weighted by atomic mass is 19.4. The second-order valence-electron chi connectivity index (χ2n) is 3.27. The van der Waals surface area contributed by atoms with Crippen LogP contribution in [0.2, 0.25) is 0 Å². The molecule has 0 bridgehead atoms. The molecule has 0 heterocycles. The highest BCUT2D eigenvalue weighted by Crippen LogP contribution is 2.33. The van der Waals surface area contributed by atoms with Crippen molar-refractivity contribution in [3.63, 3.8) is 0 Å². The number of ether oxygens (including phenoxy) is 2. The SMILES string of the molecule is COC(=O)c1cc(C#N)c([N+](=O)[O-])cc1OC(F)(F)F. The fourth-order valence-corrected chi connectivity index (χ4v) is 1.29. The van der Waals surface area contributed by atoms with E-state index in [1.807, 2.05) is 0 Å². The second-order valence-corrected chi connectivity index (χ2v) is 3.27. The van der Waals surface area contributed by atoms with Gasteiger partial charge >= 0.3 is 12.3 Å². The minimum absolute atomic E-state index is 0.346. The number of nitro benzene ring substituents is 1. The van der Waals surface area contributed by atoms with Gasteiger partial charge in [-0.1, -0.05) is 0 Å². The van der Waals surface area contributed by atoms with Gasteiger partial charge < -0.3 is 9.47 Å². The van der Waals surface area contributed by atoms with Gasteiger partial charge in [-0.15, -0.1) is 13.2 Å². The predicted molar refractivity (Wildman–Crippen MR) is 55.8 cm³/mol. The Balaban J connectivity index is 3.53. The second kappa shape index (κ2) is 5.43. The molecule has 1 aromatic carbocycles. The van der Waals surface area contributed by atoms with Crippen LogP contribution in [0.5, 0.6) is 5.75 Å². The number of nitrogens with zero attached hydrogens (tertiary/aromatic N) is 2. The van der Waals surface area contributed by atoms with Crippen molar-refractivity contribution in [1.29, 1.82) is 5.26 Å². The van der Waals surface area contributed by atoms with Crippen molar-refractivity contribution in [2.45, 2.75) is 6.36 Å². The molecular weight excluding hydrogens is 285 g/mol. The molecule has 0 unspecified atom stereocenters. The summed E-state index contributed by atoms with van der Waals surface area (Å²) in [5.41, 5.74) is -2.25. The van der Waals surface area contributed by atoms with E-state index in [1.54, 1.807) is 0 Å². The monoisotopic (exact) mass is 290 g/mol. The van der Waals surface area contributed by atoms with E-state index in [-0.39, 0.29) is 0 Å². The minimum Gasteiger partial charge on any atom is -0.465 e. The molecule has 106 valence electrons. The smallest absolute Gasteiger partial charge is 0.465 e. The van der Waals surface area contributed by atoms with Gasteiger partial charge in [-0.25, -0.2) is 4.79 Å². The molecule has 0 N–H and O–H groups in total. The number of benzene rings is 1. The van der Waals surface area contributed by atoms with E-state index in [9.17, 15) is 28.1 Å². The maximum absolute atomic E-state index is 12.2. The molecule has 10 heteroatoms. The molecule has 0 radical (unpaired) electrons.